The molecule has 0 aromatic carbocycles. The zero-order chi connectivity index (χ0) is 11.1. The van der Waals surface area contributed by atoms with Gasteiger partial charge in [0.15, 0.2) is 0 Å². The van der Waals surface area contributed by atoms with Crippen LogP contribution in [0.1, 0.15) is 18.5 Å². The van der Waals surface area contributed by atoms with Crippen LogP contribution >= 0.6 is 0 Å². The maximum Gasteiger partial charge on any atom is 0.0922 e. The van der Waals surface area contributed by atoms with Crippen molar-refractivity contribution >= 4 is 0 Å². The standard InChI is InChI=1S/C11H19N3O2/c1(4-16-11-2-5-15-8-11)3-12-6-10-7-13-9-14-10/h7,9,11-12H,1-6,8H2,(H,13,14). The summed E-state index contributed by atoms with van der Waals surface area (Å²) in [5.41, 5.74) is 1.12. The van der Waals surface area contributed by atoms with Crippen LogP contribution in [0.15, 0.2) is 12.5 Å². The molecule has 1 saturated heterocycles. The fourth-order valence-electron chi connectivity index (χ4n) is 1.70. The third-order valence-electron chi connectivity index (χ3n) is 2.61. The molecule has 16 heavy (non-hydrogen) atoms. The van der Waals surface area contributed by atoms with E-state index in [-0.39, 0.29) is 0 Å². The van der Waals surface area contributed by atoms with Gasteiger partial charge in [-0.1, -0.05) is 0 Å². The molecule has 90 valence electrons. The molecule has 1 unspecified atom stereocenters. The van der Waals surface area contributed by atoms with Gasteiger partial charge in [-0.3, -0.25) is 0 Å². The Morgan fingerprint density at radius 2 is 2.62 bits per heavy atom. The van der Waals surface area contributed by atoms with Gasteiger partial charge in [0, 0.05) is 31.6 Å². The number of ether oxygens (including phenoxy) is 2. The highest BCUT2D eigenvalue weighted by molar-refractivity contribution is 4.92. The molecule has 0 radical (unpaired) electrons. The Morgan fingerprint density at radius 1 is 1.62 bits per heavy atom. The Labute approximate surface area is 95.6 Å². The number of nitrogens with one attached hydrogen (secondary N) is 2. The minimum atomic E-state index is 0.326. The Kier molecular flexibility index (Phi) is 4.79. The molecule has 0 spiro atoms. The van der Waals surface area contributed by atoms with E-state index in [2.05, 4.69) is 15.3 Å². The highest BCUT2D eigenvalue weighted by atomic mass is 16.5. The summed E-state index contributed by atoms with van der Waals surface area (Å²) in [4.78, 5) is 7.01. The van der Waals surface area contributed by atoms with E-state index in [9.17, 15) is 0 Å². The number of imidazole rings is 1. The molecule has 0 saturated carbocycles. The molecule has 5 nitrogen and oxygen atoms in total. The van der Waals surface area contributed by atoms with Crippen molar-refractivity contribution in [3.8, 4) is 0 Å². The highest BCUT2D eigenvalue weighted by Crippen LogP contribution is 2.07. The maximum absolute atomic E-state index is 5.66. The van der Waals surface area contributed by atoms with Crippen LogP contribution in [0.2, 0.25) is 0 Å². The summed E-state index contributed by atoms with van der Waals surface area (Å²) in [6.07, 6.45) is 5.93. The molecule has 2 N–H and O–H groups in total. The number of rotatable bonds is 7. The van der Waals surface area contributed by atoms with Gasteiger partial charge in [0.05, 0.1) is 19.0 Å². The van der Waals surface area contributed by atoms with Crippen molar-refractivity contribution in [2.45, 2.75) is 25.5 Å². The van der Waals surface area contributed by atoms with Gasteiger partial charge in [0.25, 0.3) is 0 Å². The average Bonchev–Trinajstić information content (AvgIpc) is 2.96. The molecule has 5 heteroatoms. The molecule has 1 atom stereocenters. The van der Waals surface area contributed by atoms with E-state index in [1.165, 1.54) is 0 Å². The SMILES string of the molecule is c1ncc(CNCCCOC2CCOC2)[nH]1. The van der Waals surface area contributed by atoms with Crippen molar-refractivity contribution in [2.75, 3.05) is 26.4 Å². The average molecular weight is 225 g/mol. The Hall–Kier alpha value is -0.910. The van der Waals surface area contributed by atoms with Crippen LogP contribution < -0.4 is 5.32 Å². The number of nitrogens with zero attached hydrogens (tertiary/aromatic N) is 1. The highest BCUT2D eigenvalue weighted by Gasteiger charge is 2.14. The first kappa shape index (κ1) is 11.6. The van der Waals surface area contributed by atoms with Gasteiger partial charge in [0.1, 0.15) is 0 Å². The summed E-state index contributed by atoms with van der Waals surface area (Å²) in [5, 5.41) is 3.33. The lowest BCUT2D eigenvalue weighted by Gasteiger charge is -2.09. The second-order valence-corrected chi connectivity index (χ2v) is 3.96. The third kappa shape index (κ3) is 3.92. The van der Waals surface area contributed by atoms with E-state index in [1.807, 2.05) is 6.20 Å². The lowest BCUT2D eigenvalue weighted by molar-refractivity contribution is 0.0416. The van der Waals surface area contributed by atoms with Crippen LogP contribution in [0, 0.1) is 0 Å². The normalized spacial score (nSPS) is 20.4. The summed E-state index contributed by atoms with van der Waals surface area (Å²) in [7, 11) is 0. The minimum Gasteiger partial charge on any atom is -0.379 e. The van der Waals surface area contributed by atoms with E-state index in [4.69, 9.17) is 9.47 Å². The Balaban J connectivity index is 1.43. The van der Waals surface area contributed by atoms with Gasteiger partial charge in [-0.2, -0.15) is 0 Å². The van der Waals surface area contributed by atoms with Crippen molar-refractivity contribution in [2.24, 2.45) is 0 Å². The van der Waals surface area contributed by atoms with E-state index in [1.54, 1.807) is 6.33 Å². The summed E-state index contributed by atoms with van der Waals surface area (Å²) in [6, 6.07) is 0. The predicted molar refractivity (Wildman–Crippen MR) is 60.1 cm³/mol. The maximum atomic E-state index is 5.66. The number of hydrogen-bond acceptors (Lipinski definition) is 4. The molecular formula is C11H19N3O2. The molecule has 1 fully saturated rings. The molecule has 0 bridgehead atoms. The van der Waals surface area contributed by atoms with Crippen LogP contribution in [0.3, 0.4) is 0 Å². The van der Waals surface area contributed by atoms with Gasteiger partial charge < -0.3 is 19.8 Å². The van der Waals surface area contributed by atoms with Gasteiger partial charge in [-0.05, 0) is 19.4 Å². The summed E-state index contributed by atoms with van der Waals surface area (Å²) in [5.74, 6) is 0. The Morgan fingerprint density at radius 3 is 3.38 bits per heavy atom. The number of aromatic nitrogens is 2. The first-order valence-corrected chi connectivity index (χ1v) is 5.82. The fraction of sp³-hybridized carbons (Fsp3) is 0.727. The van der Waals surface area contributed by atoms with Crippen molar-refractivity contribution in [3.05, 3.63) is 18.2 Å². The topological polar surface area (TPSA) is 59.2 Å². The lowest BCUT2D eigenvalue weighted by Crippen LogP contribution is -2.19. The lowest BCUT2D eigenvalue weighted by atomic mass is 10.3. The van der Waals surface area contributed by atoms with Crippen molar-refractivity contribution in [1.82, 2.24) is 15.3 Å². The first-order chi connectivity index (χ1) is 7.95. The molecule has 1 aliphatic heterocycles. The molecule has 1 aliphatic rings. The summed E-state index contributed by atoms with van der Waals surface area (Å²) >= 11 is 0. The number of H-pyrrole nitrogens is 1. The number of hydrogen-bond donors (Lipinski definition) is 2. The molecule has 2 rings (SSSR count). The third-order valence-corrected chi connectivity index (χ3v) is 2.61. The molecule has 0 amide bonds. The molecule has 0 aliphatic carbocycles. The fourth-order valence-corrected chi connectivity index (χ4v) is 1.70. The Bertz CT molecular complexity index is 271. The van der Waals surface area contributed by atoms with Gasteiger partial charge in [0.2, 0.25) is 0 Å². The van der Waals surface area contributed by atoms with Crippen LogP contribution in [-0.4, -0.2) is 42.4 Å². The van der Waals surface area contributed by atoms with Crippen LogP contribution in [0.25, 0.3) is 0 Å². The largest absolute Gasteiger partial charge is 0.379 e. The van der Waals surface area contributed by atoms with Gasteiger partial charge >= 0.3 is 0 Å². The van der Waals surface area contributed by atoms with Crippen LogP contribution in [0.4, 0.5) is 0 Å². The first-order valence-electron chi connectivity index (χ1n) is 5.82. The minimum absolute atomic E-state index is 0.326. The van der Waals surface area contributed by atoms with Gasteiger partial charge in [-0.25, -0.2) is 4.98 Å². The predicted octanol–water partition coefficient (Wildman–Crippen LogP) is 0.695. The zero-order valence-corrected chi connectivity index (χ0v) is 9.45. The van der Waals surface area contributed by atoms with E-state index >= 15 is 0 Å². The monoisotopic (exact) mass is 225 g/mol. The molecular weight excluding hydrogens is 206 g/mol. The second kappa shape index (κ2) is 6.62. The van der Waals surface area contributed by atoms with E-state index in [0.29, 0.717) is 6.10 Å². The van der Waals surface area contributed by atoms with Crippen molar-refractivity contribution < 1.29 is 9.47 Å². The summed E-state index contributed by atoms with van der Waals surface area (Å²) < 4.78 is 10.9. The van der Waals surface area contributed by atoms with Crippen molar-refractivity contribution in [1.29, 1.82) is 0 Å². The summed E-state index contributed by atoms with van der Waals surface area (Å²) in [6.45, 7) is 4.23. The van der Waals surface area contributed by atoms with E-state index in [0.717, 1.165) is 51.4 Å². The molecule has 1 aromatic rings. The smallest absolute Gasteiger partial charge is 0.0922 e. The second-order valence-electron chi connectivity index (χ2n) is 3.96. The zero-order valence-electron chi connectivity index (χ0n) is 9.45. The van der Waals surface area contributed by atoms with E-state index < -0.39 is 0 Å². The number of aromatic amines is 1. The van der Waals surface area contributed by atoms with Crippen molar-refractivity contribution in [3.63, 3.8) is 0 Å². The molecule has 2 heterocycles. The molecule has 1 aromatic heterocycles. The van der Waals surface area contributed by atoms with Crippen LogP contribution in [0.5, 0.6) is 0 Å². The van der Waals surface area contributed by atoms with Crippen LogP contribution in [-0.2, 0) is 16.0 Å². The quantitative estimate of drug-likeness (QED) is 0.670. The van der Waals surface area contributed by atoms with Gasteiger partial charge in [-0.15, -0.1) is 0 Å².